The molecule has 0 saturated carbocycles. The Labute approximate surface area is 152 Å². The van der Waals surface area contributed by atoms with Crippen molar-refractivity contribution in [2.24, 2.45) is 0 Å². The first kappa shape index (κ1) is 20.0. The van der Waals surface area contributed by atoms with Crippen LogP contribution in [0.1, 0.15) is 65.6 Å². The van der Waals surface area contributed by atoms with Gasteiger partial charge in [-0.15, -0.1) is 0 Å². The van der Waals surface area contributed by atoms with Crippen LogP contribution in [0, 0.1) is 0 Å². The smallest absolute Gasteiger partial charge is 0.193 e. The van der Waals surface area contributed by atoms with Crippen LogP contribution >= 0.6 is 0 Å². The number of benzene rings is 2. The number of rotatable bonds is 6. The molecule has 0 amide bonds. The van der Waals surface area contributed by atoms with Crippen molar-refractivity contribution in [1.29, 1.82) is 0 Å². The fourth-order valence-electron chi connectivity index (χ4n) is 2.57. The Morgan fingerprint density at radius 3 is 1.77 bits per heavy atom. The SMILES string of the molecule is CC(C)(O)C(=O)c1ccc(C(O)c2cccc(C(=O)C(C)(C)O)c2)cc1. The minimum absolute atomic E-state index is 0.308. The zero-order valence-corrected chi connectivity index (χ0v) is 15.4. The molecule has 0 radical (unpaired) electrons. The number of hydrogen-bond acceptors (Lipinski definition) is 5. The molecular formula is C21H24O5. The number of Topliss-reactive ketones (excluding diaryl/α,β-unsaturated/α-hetero) is 2. The van der Waals surface area contributed by atoms with Crippen LogP contribution in [0.3, 0.4) is 0 Å². The predicted octanol–water partition coefficient (Wildman–Crippen LogP) is 2.68. The molecular weight excluding hydrogens is 332 g/mol. The second kappa shape index (κ2) is 7.11. The van der Waals surface area contributed by atoms with Crippen LogP contribution < -0.4 is 0 Å². The lowest BCUT2D eigenvalue weighted by Crippen LogP contribution is -2.31. The molecule has 138 valence electrons. The van der Waals surface area contributed by atoms with Crippen LogP contribution in [-0.2, 0) is 0 Å². The summed E-state index contributed by atoms with van der Waals surface area (Å²) < 4.78 is 0. The Morgan fingerprint density at radius 2 is 1.27 bits per heavy atom. The summed E-state index contributed by atoms with van der Waals surface area (Å²) in [5.74, 6) is -0.839. The van der Waals surface area contributed by atoms with E-state index < -0.39 is 28.9 Å². The van der Waals surface area contributed by atoms with E-state index in [4.69, 9.17) is 0 Å². The maximum atomic E-state index is 12.2. The van der Waals surface area contributed by atoms with E-state index in [9.17, 15) is 24.9 Å². The standard InChI is InChI=1S/C21H24O5/c1-20(2,25)18(23)14-10-8-13(9-11-14)17(22)15-6-5-7-16(12-15)19(24)21(3,4)26/h5-12,17,22,25-26H,1-4H3. The monoisotopic (exact) mass is 356 g/mol. The summed E-state index contributed by atoms with van der Waals surface area (Å²) in [6.45, 7) is 5.67. The van der Waals surface area contributed by atoms with E-state index in [0.717, 1.165) is 0 Å². The number of carbonyl (C=O) groups is 2. The molecule has 2 aromatic rings. The van der Waals surface area contributed by atoms with Crippen molar-refractivity contribution >= 4 is 11.6 Å². The first-order chi connectivity index (χ1) is 11.9. The van der Waals surface area contributed by atoms with E-state index in [0.29, 0.717) is 22.3 Å². The summed E-state index contributed by atoms with van der Waals surface area (Å²) in [7, 11) is 0. The molecule has 5 heteroatoms. The highest BCUT2D eigenvalue weighted by molar-refractivity contribution is 6.02. The van der Waals surface area contributed by atoms with Gasteiger partial charge in [-0.1, -0.05) is 42.5 Å². The van der Waals surface area contributed by atoms with Gasteiger partial charge in [0.15, 0.2) is 11.6 Å². The molecule has 26 heavy (non-hydrogen) atoms. The van der Waals surface area contributed by atoms with Crippen LogP contribution in [0.4, 0.5) is 0 Å². The largest absolute Gasteiger partial charge is 0.384 e. The van der Waals surface area contributed by atoms with Gasteiger partial charge in [-0.3, -0.25) is 9.59 Å². The molecule has 2 aromatic carbocycles. The van der Waals surface area contributed by atoms with Gasteiger partial charge in [0.2, 0.25) is 0 Å². The number of aliphatic hydroxyl groups is 3. The summed E-state index contributed by atoms with van der Waals surface area (Å²) in [6.07, 6.45) is -0.990. The summed E-state index contributed by atoms with van der Waals surface area (Å²) in [5.41, 5.74) is -1.26. The van der Waals surface area contributed by atoms with Crippen LogP contribution in [0.15, 0.2) is 48.5 Å². The fourth-order valence-corrected chi connectivity index (χ4v) is 2.57. The van der Waals surface area contributed by atoms with Gasteiger partial charge in [0.05, 0.1) is 0 Å². The fraction of sp³-hybridized carbons (Fsp3) is 0.333. The molecule has 5 nitrogen and oxygen atoms in total. The summed E-state index contributed by atoms with van der Waals surface area (Å²) in [6, 6.07) is 12.8. The van der Waals surface area contributed by atoms with Gasteiger partial charge >= 0.3 is 0 Å². The third kappa shape index (κ3) is 4.43. The molecule has 0 fully saturated rings. The molecule has 0 heterocycles. The van der Waals surface area contributed by atoms with Crippen LogP contribution in [0.5, 0.6) is 0 Å². The topological polar surface area (TPSA) is 94.8 Å². The lowest BCUT2D eigenvalue weighted by molar-refractivity contribution is 0.0487. The summed E-state index contributed by atoms with van der Waals surface area (Å²) >= 11 is 0. The second-order valence-electron chi connectivity index (χ2n) is 7.43. The van der Waals surface area contributed by atoms with Crippen molar-refractivity contribution in [2.75, 3.05) is 0 Å². The van der Waals surface area contributed by atoms with Gasteiger partial charge in [-0.2, -0.15) is 0 Å². The zero-order valence-electron chi connectivity index (χ0n) is 15.4. The van der Waals surface area contributed by atoms with E-state index in [2.05, 4.69) is 0 Å². The van der Waals surface area contributed by atoms with E-state index in [-0.39, 0.29) is 0 Å². The maximum absolute atomic E-state index is 12.2. The van der Waals surface area contributed by atoms with E-state index in [1.54, 1.807) is 48.5 Å². The van der Waals surface area contributed by atoms with Crippen molar-refractivity contribution in [2.45, 2.75) is 45.0 Å². The van der Waals surface area contributed by atoms with Crippen molar-refractivity contribution in [3.63, 3.8) is 0 Å². The Morgan fingerprint density at radius 1 is 0.769 bits per heavy atom. The lowest BCUT2D eigenvalue weighted by atomic mass is 9.92. The first-order valence-corrected chi connectivity index (χ1v) is 8.33. The van der Waals surface area contributed by atoms with Crippen molar-refractivity contribution < 1.29 is 24.9 Å². The highest BCUT2D eigenvalue weighted by Crippen LogP contribution is 2.25. The molecule has 0 aliphatic rings. The molecule has 3 N–H and O–H groups in total. The first-order valence-electron chi connectivity index (χ1n) is 8.33. The molecule has 1 unspecified atom stereocenters. The van der Waals surface area contributed by atoms with Gasteiger partial charge in [0, 0.05) is 11.1 Å². The number of ketones is 2. The van der Waals surface area contributed by atoms with Crippen LogP contribution in [0.25, 0.3) is 0 Å². The molecule has 0 aromatic heterocycles. The quantitative estimate of drug-likeness (QED) is 0.692. The molecule has 2 rings (SSSR count). The minimum Gasteiger partial charge on any atom is -0.384 e. The third-order valence-electron chi connectivity index (χ3n) is 4.06. The molecule has 0 spiro atoms. The average Bonchev–Trinajstić information content (AvgIpc) is 2.58. The van der Waals surface area contributed by atoms with E-state index in [1.165, 1.54) is 27.7 Å². The van der Waals surface area contributed by atoms with E-state index >= 15 is 0 Å². The average molecular weight is 356 g/mol. The summed E-state index contributed by atoms with van der Waals surface area (Å²) in [4.78, 5) is 24.3. The Bertz CT molecular complexity index is 808. The normalized spacial score (nSPS) is 13.3. The Balaban J connectivity index is 2.28. The number of aliphatic hydroxyl groups excluding tert-OH is 1. The third-order valence-corrected chi connectivity index (χ3v) is 4.06. The van der Waals surface area contributed by atoms with E-state index in [1.807, 2.05) is 0 Å². The molecule has 0 aliphatic carbocycles. The number of hydrogen-bond donors (Lipinski definition) is 3. The van der Waals surface area contributed by atoms with Gasteiger partial charge in [0.1, 0.15) is 17.3 Å². The predicted molar refractivity (Wildman–Crippen MR) is 98.2 cm³/mol. The Kier molecular flexibility index (Phi) is 5.47. The molecule has 0 saturated heterocycles. The summed E-state index contributed by atoms with van der Waals surface area (Å²) in [5, 5.41) is 30.2. The highest BCUT2D eigenvalue weighted by Gasteiger charge is 2.27. The molecule has 0 bridgehead atoms. The highest BCUT2D eigenvalue weighted by atomic mass is 16.3. The zero-order chi connectivity index (χ0) is 19.7. The maximum Gasteiger partial charge on any atom is 0.193 e. The lowest BCUT2D eigenvalue weighted by Gasteiger charge is -2.18. The van der Waals surface area contributed by atoms with Gasteiger partial charge < -0.3 is 15.3 Å². The Hall–Kier alpha value is -2.34. The minimum atomic E-state index is -1.50. The van der Waals surface area contributed by atoms with Gasteiger partial charge in [0.25, 0.3) is 0 Å². The van der Waals surface area contributed by atoms with Gasteiger partial charge in [-0.25, -0.2) is 0 Å². The van der Waals surface area contributed by atoms with Gasteiger partial charge in [-0.05, 0) is 44.9 Å². The van der Waals surface area contributed by atoms with Crippen molar-refractivity contribution in [1.82, 2.24) is 0 Å². The van der Waals surface area contributed by atoms with Crippen molar-refractivity contribution in [3.05, 3.63) is 70.8 Å². The van der Waals surface area contributed by atoms with Crippen LogP contribution in [-0.4, -0.2) is 38.1 Å². The number of carbonyl (C=O) groups excluding carboxylic acids is 2. The second-order valence-corrected chi connectivity index (χ2v) is 7.43. The molecule has 1 atom stereocenters. The van der Waals surface area contributed by atoms with Crippen LogP contribution in [0.2, 0.25) is 0 Å². The van der Waals surface area contributed by atoms with Crippen molar-refractivity contribution in [3.8, 4) is 0 Å². The molecule has 0 aliphatic heterocycles.